The number of nitrogens with one attached hydrogen (secondary N) is 1. The van der Waals surface area contributed by atoms with E-state index in [0.29, 0.717) is 5.69 Å². The van der Waals surface area contributed by atoms with Gasteiger partial charge in [0, 0.05) is 12.2 Å². The molecule has 0 aliphatic heterocycles. The third kappa shape index (κ3) is 3.62. The van der Waals surface area contributed by atoms with Crippen LogP contribution in [0.2, 0.25) is 0 Å². The molecule has 0 saturated heterocycles. The van der Waals surface area contributed by atoms with Gasteiger partial charge >= 0.3 is 11.9 Å². The van der Waals surface area contributed by atoms with Gasteiger partial charge in [-0.3, -0.25) is 0 Å². The van der Waals surface area contributed by atoms with E-state index in [2.05, 4.69) is 5.48 Å². The molecule has 96 valence electrons. The molecule has 1 rings (SSSR count). The van der Waals surface area contributed by atoms with Crippen LogP contribution in [0.3, 0.4) is 0 Å². The number of aliphatic carboxylic acids is 1. The first-order chi connectivity index (χ1) is 8.41. The lowest BCUT2D eigenvalue weighted by molar-refractivity contribution is -0.136. The number of hydrogen-bond acceptors (Lipinski definition) is 4. The third-order valence-electron chi connectivity index (χ3n) is 2.68. The number of carbonyl (C=O) groups excluding carboxylic acids is 1. The normalized spacial score (nSPS) is 10.4. The molecule has 0 amide bonds. The first-order valence-corrected chi connectivity index (χ1v) is 5.36. The highest BCUT2D eigenvalue weighted by molar-refractivity contribution is 5.91. The molecule has 0 atom stereocenters. The molecule has 2 N–H and O–H groups in total. The van der Waals surface area contributed by atoms with Crippen molar-refractivity contribution in [3.05, 3.63) is 41.0 Å². The number of rotatable bonds is 4. The van der Waals surface area contributed by atoms with E-state index in [1.165, 1.54) is 0 Å². The molecule has 0 saturated carbocycles. The molecule has 0 unspecified atom stereocenters. The minimum absolute atomic E-state index is 0.676. The Kier molecular flexibility index (Phi) is 4.48. The van der Waals surface area contributed by atoms with Crippen molar-refractivity contribution in [2.75, 3.05) is 5.48 Å². The minimum atomic E-state index is -1.20. The number of carboxylic acids is 1. The summed E-state index contributed by atoms with van der Waals surface area (Å²) < 4.78 is 0. The van der Waals surface area contributed by atoms with Crippen LogP contribution in [-0.4, -0.2) is 17.0 Å². The molecular weight excluding hydrogens is 234 g/mol. The summed E-state index contributed by atoms with van der Waals surface area (Å²) in [4.78, 5) is 26.1. The summed E-state index contributed by atoms with van der Waals surface area (Å²) >= 11 is 0. The molecule has 0 aliphatic carbocycles. The fraction of sp³-hybridized carbons (Fsp3) is 0.231. The number of anilines is 1. The predicted molar refractivity (Wildman–Crippen MR) is 67.1 cm³/mol. The van der Waals surface area contributed by atoms with Gasteiger partial charge in [-0.15, -0.1) is 0 Å². The molecule has 1 aromatic rings. The van der Waals surface area contributed by atoms with Crippen LogP contribution in [0, 0.1) is 20.8 Å². The van der Waals surface area contributed by atoms with Crippen molar-refractivity contribution in [2.45, 2.75) is 20.8 Å². The van der Waals surface area contributed by atoms with Gasteiger partial charge in [-0.2, -0.15) is 0 Å². The van der Waals surface area contributed by atoms with E-state index in [0.717, 1.165) is 28.8 Å². The number of carbonyl (C=O) groups is 2. The van der Waals surface area contributed by atoms with Crippen molar-refractivity contribution < 1.29 is 19.5 Å². The van der Waals surface area contributed by atoms with Crippen molar-refractivity contribution in [3.63, 3.8) is 0 Å². The summed E-state index contributed by atoms with van der Waals surface area (Å²) in [5.41, 5.74) is 6.42. The molecule has 0 aromatic heterocycles. The second-order valence-corrected chi connectivity index (χ2v) is 3.87. The molecule has 5 nitrogen and oxygen atoms in total. The van der Waals surface area contributed by atoms with E-state index in [-0.39, 0.29) is 0 Å². The zero-order valence-corrected chi connectivity index (χ0v) is 10.5. The highest BCUT2D eigenvalue weighted by atomic mass is 16.7. The predicted octanol–water partition coefficient (Wildman–Crippen LogP) is 2.12. The topological polar surface area (TPSA) is 75.6 Å². The first kappa shape index (κ1) is 13.8. The van der Waals surface area contributed by atoms with Crippen LogP contribution in [0.1, 0.15) is 16.7 Å². The van der Waals surface area contributed by atoms with Gasteiger partial charge in [0.05, 0.1) is 5.69 Å². The standard InChI is InChI=1S/C13H15NO4/c1-8-4-5-11(10(3)9(8)2)14-18-13(17)7-6-12(15)16/h4-7,14H,1-3H3,(H,15,16)/b7-6+. The fourth-order valence-corrected chi connectivity index (χ4v) is 1.35. The second-order valence-electron chi connectivity index (χ2n) is 3.87. The van der Waals surface area contributed by atoms with Gasteiger partial charge in [-0.25, -0.2) is 15.1 Å². The molecule has 0 bridgehead atoms. The summed E-state index contributed by atoms with van der Waals surface area (Å²) in [6.45, 7) is 5.88. The SMILES string of the molecule is Cc1ccc(NOC(=O)/C=C/C(=O)O)c(C)c1C. The van der Waals surface area contributed by atoms with Crippen molar-refractivity contribution >= 4 is 17.6 Å². The summed E-state index contributed by atoms with van der Waals surface area (Å²) in [6.07, 6.45) is 1.56. The highest BCUT2D eigenvalue weighted by Crippen LogP contribution is 2.21. The smallest absolute Gasteiger partial charge is 0.355 e. The zero-order valence-electron chi connectivity index (χ0n) is 10.5. The van der Waals surface area contributed by atoms with E-state index in [4.69, 9.17) is 9.94 Å². The lowest BCUT2D eigenvalue weighted by Gasteiger charge is -2.12. The van der Waals surface area contributed by atoms with Gasteiger partial charge < -0.3 is 9.94 Å². The number of hydrogen-bond donors (Lipinski definition) is 2. The van der Waals surface area contributed by atoms with E-state index in [1.54, 1.807) is 6.07 Å². The van der Waals surface area contributed by atoms with Crippen LogP contribution in [0.5, 0.6) is 0 Å². The van der Waals surface area contributed by atoms with Crippen LogP contribution in [0.4, 0.5) is 5.69 Å². The average molecular weight is 249 g/mol. The molecule has 1 aromatic carbocycles. The second kappa shape index (κ2) is 5.86. The Labute approximate surface area is 105 Å². The molecule has 0 fully saturated rings. The first-order valence-electron chi connectivity index (χ1n) is 5.36. The van der Waals surface area contributed by atoms with Crippen LogP contribution < -0.4 is 5.48 Å². The van der Waals surface area contributed by atoms with Crippen molar-refractivity contribution in [3.8, 4) is 0 Å². The third-order valence-corrected chi connectivity index (χ3v) is 2.68. The number of benzene rings is 1. The van der Waals surface area contributed by atoms with Gasteiger partial charge in [0.2, 0.25) is 0 Å². The molecular formula is C13H15NO4. The van der Waals surface area contributed by atoms with Crippen molar-refractivity contribution in [1.82, 2.24) is 0 Å². The van der Waals surface area contributed by atoms with Crippen LogP contribution >= 0.6 is 0 Å². The van der Waals surface area contributed by atoms with Crippen LogP contribution in [0.15, 0.2) is 24.3 Å². The van der Waals surface area contributed by atoms with Gasteiger partial charge in [0.1, 0.15) is 0 Å². The lowest BCUT2D eigenvalue weighted by atomic mass is 10.0. The molecule has 0 heterocycles. The molecule has 0 aliphatic rings. The summed E-state index contributed by atoms with van der Waals surface area (Å²) in [7, 11) is 0. The maximum atomic E-state index is 11.1. The number of carboxylic acid groups (broad SMARTS) is 1. The Hall–Kier alpha value is -2.30. The Bertz CT molecular complexity index is 506. The molecule has 18 heavy (non-hydrogen) atoms. The fourth-order valence-electron chi connectivity index (χ4n) is 1.35. The quantitative estimate of drug-likeness (QED) is 0.631. The largest absolute Gasteiger partial charge is 0.478 e. The van der Waals surface area contributed by atoms with E-state index in [9.17, 15) is 9.59 Å². The van der Waals surface area contributed by atoms with Gasteiger partial charge in [0.15, 0.2) is 0 Å². The summed E-state index contributed by atoms with van der Waals surface area (Å²) in [5.74, 6) is -1.97. The van der Waals surface area contributed by atoms with Crippen molar-refractivity contribution in [2.24, 2.45) is 0 Å². The lowest BCUT2D eigenvalue weighted by Crippen LogP contribution is -2.09. The molecule has 0 spiro atoms. The van der Waals surface area contributed by atoms with E-state index >= 15 is 0 Å². The van der Waals surface area contributed by atoms with Gasteiger partial charge in [-0.1, -0.05) is 6.07 Å². The summed E-state index contributed by atoms with van der Waals surface area (Å²) in [5, 5.41) is 8.34. The summed E-state index contributed by atoms with van der Waals surface area (Å²) in [6, 6.07) is 3.71. The minimum Gasteiger partial charge on any atom is -0.478 e. The maximum Gasteiger partial charge on any atom is 0.355 e. The van der Waals surface area contributed by atoms with Gasteiger partial charge in [0.25, 0.3) is 0 Å². The van der Waals surface area contributed by atoms with Crippen LogP contribution in [0.25, 0.3) is 0 Å². The Morgan fingerprint density at radius 3 is 2.44 bits per heavy atom. The monoisotopic (exact) mass is 249 g/mol. The van der Waals surface area contributed by atoms with Crippen molar-refractivity contribution in [1.29, 1.82) is 0 Å². The zero-order chi connectivity index (χ0) is 13.7. The highest BCUT2D eigenvalue weighted by Gasteiger charge is 2.05. The molecule has 5 heteroatoms. The Morgan fingerprint density at radius 2 is 1.83 bits per heavy atom. The van der Waals surface area contributed by atoms with E-state index < -0.39 is 11.9 Å². The van der Waals surface area contributed by atoms with Crippen LogP contribution in [-0.2, 0) is 14.4 Å². The van der Waals surface area contributed by atoms with Gasteiger partial charge in [-0.05, 0) is 43.5 Å². The maximum absolute atomic E-state index is 11.1. The molecule has 0 radical (unpaired) electrons. The Morgan fingerprint density at radius 1 is 1.17 bits per heavy atom. The number of aryl methyl sites for hydroxylation is 1. The average Bonchev–Trinajstić information content (AvgIpc) is 2.32. The Balaban J connectivity index is 2.67. The van der Waals surface area contributed by atoms with E-state index in [1.807, 2.05) is 26.8 Å².